The molecule has 0 aliphatic heterocycles. The maximum Gasteiger partial charge on any atom is 0.420 e. The normalized spacial score (nSPS) is 11.1. The lowest BCUT2D eigenvalue weighted by molar-refractivity contribution is -0.138. The minimum atomic E-state index is -4.53. The molecule has 19 heavy (non-hydrogen) atoms. The van der Waals surface area contributed by atoms with Crippen molar-refractivity contribution < 1.29 is 17.9 Å². The molecular weight excluding hydrogens is 257 g/mol. The van der Waals surface area contributed by atoms with Crippen molar-refractivity contribution in [3.8, 4) is 11.8 Å². The van der Waals surface area contributed by atoms with E-state index < -0.39 is 11.7 Å². The summed E-state index contributed by atoms with van der Waals surface area (Å²) < 4.78 is 43.5. The monoisotopic (exact) mass is 272 g/mol. The minimum absolute atomic E-state index is 0.0382. The van der Waals surface area contributed by atoms with Gasteiger partial charge in [0.05, 0.1) is 17.2 Å². The molecule has 0 saturated heterocycles. The maximum absolute atomic E-state index is 12.8. The summed E-state index contributed by atoms with van der Waals surface area (Å²) in [6.45, 7) is 3.42. The molecule has 0 fully saturated rings. The Bertz CT molecular complexity index is 452. The van der Waals surface area contributed by atoms with Crippen LogP contribution in [0.15, 0.2) is 18.2 Å². The van der Waals surface area contributed by atoms with E-state index in [2.05, 4.69) is 5.32 Å². The second kappa shape index (κ2) is 7.00. The molecule has 0 saturated carbocycles. The Labute approximate surface area is 110 Å². The summed E-state index contributed by atoms with van der Waals surface area (Å²) in [6.07, 6.45) is -3.58. The third kappa shape index (κ3) is 4.79. The van der Waals surface area contributed by atoms with E-state index in [0.29, 0.717) is 6.54 Å². The van der Waals surface area contributed by atoms with Gasteiger partial charge < -0.3 is 10.1 Å². The summed E-state index contributed by atoms with van der Waals surface area (Å²) in [5.74, 6) is -0.246. The molecule has 0 spiro atoms. The Balaban J connectivity index is 2.74. The average molecular weight is 272 g/mol. The van der Waals surface area contributed by atoms with Gasteiger partial charge in [0, 0.05) is 6.54 Å². The average Bonchev–Trinajstić information content (AvgIpc) is 2.37. The van der Waals surface area contributed by atoms with E-state index in [1.165, 1.54) is 12.1 Å². The molecule has 0 radical (unpaired) electrons. The lowest BCUT2D eigenvalue weighted by atomic mass is 10.1. The van der Waals surface area contributed by atoms with Gasteiger partial charge in [-0.1, -0.05) is 6.92 Å². The fourth-order valence-electron chi connectivity index (χ4n) is 1.48. The summed E-state index contributed by atoms with van der Waals surface area (Å²) in [5, 5.41) is 11.7. The number of hydrogen-bond donors (Lipinski definition) is 1. The van der Waals surface area contributed by atoms with Crippen molar-refractivity contribution in [3.63, 3.8) is 0 Å². The van der Waals surface area contributed by atoms with Crippen LogP contribution in [0.4, 0.5) is 13.2 Å². The molecule has 1 rings (SSSR count). The molecule has 6 heteroatoms. The largest absolute Gasteiger partial charge is 0.492 e. The first-order valence-corrected chi connectivity index (χ1v) is 5.94. The van der Waals surface area contributed by atoms with Gasteiger partial charge in [0.2, 0.25) is 0 Å². The van der Waals surface area contributed by atoms with Crippen LogP contribution in [0.3, 0.4) is 0 Å². The van der Waals surface area contributed by atoms with Crippen molar-refractivity contribution in [2.75, 3.05) is 19.7 Å². The number of hydrogen-bond acceptors (Lipinski definition) is 3. The van der Waals surface area contributed by atoms with E-state index in [0.717, 1.165) is 19.0 Å². The Morgan fingerprint density at radius 1 is 1.32 bits per heavy atom. The molecule has 1 N–H and O–H groups in total. The molecule has 0 bridgehead atoms. The van der Waals surface area contributed by atoms with E-state index in [4.69, 9.17) is 10.00 Å². The zero-order valence-electron chi connectivity index (χ0n) is 10.5. The van der Waals surface area contributed by atoms with Crippen LogP contribution in [0.1, 0.15) is 24.5 Å². The Hall–Kier alpha value is -1.74. The van der Waals surface area contributed by atoms with Gasteiger partial charge in [0.15, 0.2) is 0 Å². The quantitative estimate of drug-likeness (QED) is 0.810. The van der Waals surface area contributed by atoms with Crippen molar-refractivity contribution in [1.29, 1.82) is 5.26 Å². The number of benzene rings is 1. The molecule has 104 valence electrons. The van der Waals surface area contributed by atoms with Gasteiger partial charge in [-0.25, -0.2) is 0 Å². The van der Waals surface area contributed by atoms with Gasteiger partial charge in [-0.15, -0.1) is 0 Å². The summed E-state index contributed by atoms with van der Waals surface area (Å²) in [7, 11) is 0. The zero-order chi connectivity index (χ0) is 14.3. The molecule has 0 heterocycles. The first-order chi connectivity index (χ1) is 8.99. The second-order valence-corrected chi connectivity index (χ2v) is 3.92. The Morgan fingerprint density at radius 2 is 2.05 bits per heavy atom. The summed E-state index contributed by atoms with van der Waals surface area (Å²) >= 11 is 0. The number of alkyl halides is 3. The van der Waals surface area contributed by atoms with Crippen molar-refractivity contribution in [1.82, 2.24) is 5.32 Å². The van der Waals surface area contributed by atoms with Gasteiger partial charge in [-0.3, -0.25) is 0 Å². The first-order valence-electron chi connectivity index (χ1n) is 5.94. The highest BCUT2D eigenvalue weighted by molar-refractivity contribution is 5.43. The van der Waals surface area contributed by atoms with Gasteiger partial charge in [0.1, 0.15) is 12.4 Å². The van der Waals surface area contributed by atoms with Gasteiger partial charge in [0.25, 0.3) is 0 Å². The highest BCUT2D eigenvalue weighted by atomic mass is 19.4. The molecule has 0 unspecified atom stereocenters. The van der Waals surface area contributed by atoms with Crippen LogP contribution in [-0.2, 0) is 6.18 Å². The van der Waals surface area contributed by atoms with Gasteiger partial charge in [-0.2, -0.15) is 18.4 Å². The number of nitrogens with one attached hydrogen (secondary N) is 1. The van der Waals surface area contributed by atoms with E-state index in [9.17, 15) is 13.2 Å². The Kier molecular flexibility index (Phi) is 5.64. The maximum atomic E-state index is 12.8. The highest BCUT2D eigenvalue weighted by Gasteiger charge is 2.34. The number of halogens is 3. The third-order valence-corrected chi connectivity index (χ3v) is 2.38. The highest BCUT2D eigenvalue weighted by Crippen LogP contribution is 2.36. The van der Waals surface area contributed by atoms with Crippen LogP contribution < -0.4 is 10.1 Å². The summed E-state index contributed by atoms with van der Waals surface area (Å²) in [6, 6.07) is 4.97. The number of nitriles is 1. The number of rotatable bonds is 6. The molecule has 0 aliphatic rings. The fraction of sp³-hybridized carbons (Fsp3) is 0.462. The first kappa shape index (κ1) is 15.3. The summed E-state index contributed by atoms with van der Waals surface area (Å²) in [4.78, 5) is 0. The minimum Gasteiger partial charge on any atom is -0.492 e. The lowest BCUT2D eigenvalue weighted by Gasteiger charge is -2.14. The molecule has 1 aromatic carbocycles. The van der Waals surface area contributed by atoms with Crippen LogP contribution in [0.5, 0.6) is 5.75 Å². The van der Waals surface area contributed by atoms with Crippen LogP contribution in [0.25, 0.3) is 0 Å². The van der Waals surface area contributed by atoms with Crippen LogP contribution in [-0.4, -0.2) is 19.7 Å². The molecular formula is C13H15F3N2O. The van der Waals surface area contributed by atoms with Crippen molar-refractivity contribution in [2.24, 2.45) is 0 Å². The fourth-order valence-corrected chi connectivity index (χ4v) is 1.48. The van der Waals surface area contributed by atoms with Crippen molar-refractivity contribution in [3.05, 3.63) is 29.3 Å². The standard InChI is InChI=1S/C13H15F3N2O/c1-2-5-18-6-7-19-12-4-3-10(9-17)8-11(12)13(14,15)16/h3-4,8,18H,2,5-7H2,1H3. The van der Waals surface area contributed by atoms with Crippen molar-refractivity contribution in [2.45, 2.75) is 19.5 Å². The Morgan fingerprint density at radius 3 is 2.63 bits per heavy atom. The molecule has 0 amide bonds. The van der Waals surface area contributed by atoms with Crippen molar-refractivity contribution >= 4 is 0 Å². The molecule has 3 nitrogen and oxygen atoms in total. The van der Waals surface area contributed by atoms with Gasteiger partial charge >= 0.3 is 6.18 Å². The van der Waals surface area contributed by atoms with E-state index in [1.807, 2.05) is 6.92 Å². The SMILES string of the molecule is CCCNCCOc1ccc(C#N)cc1C(F)(F)F. The van der Waals surface area contributed by atoms with Crippen LogP contribution in [0.2, 0.25) is 0 Å². The topological polar surface area (TPSA) is 45.0 Å². The zero-order valence-corrected chi connectivity index (χ0v) is 10.5. The van der Waals surface area contributed by atoms with E-state index in [1.54, 1.807) is 6.07 Å². The molecule has 0 aromatic heterocycles. The van der Waals surface area contributed by atoms with Crippen LogP contribution >= 0.6 is 0 Å². The lowest BCUT2D eigenvalue weighted by Crippen LogP contribution is -2.22. The molecule has 0 aliphatic carbocycles. The molecule has 0 atom stereocenters. The second-order valence-electron chi connectivity index (χ2n) is 3.92. The number of ether oxygens (including phenoxy) is 1. The van der Waals surface area contributed by atoms with Crippen LogP contribution in [0, 0.1) is 11.3 Å². The molecule has 1 aromatic rings. The van der Waals surface area contributed by atoms with Gasteiger partial charge in [-0.05, 0) is 31.2 Å². The van der Waals surface area contributed by atoms with E-state index in [-0.39, 0.29) is 17.9 Å². The van der Waals surface area contributed by atoms with E-state index >= 15 is 0 Å². The smallest absolute Gasteiger partial charge is 0.420 e. The number of nitrogens with zero attached hydrogens (tertiary/aromatic N) is 1. The predicted molar refractivity (Wildman–Crippen MR) is 64.8 cm³/mol. The third-order valence-electron chi connectivity index (χ3n) is 2.38. The summed E-state index contributed by atoms with van der Waals surface area (Å²) in [5.41, 5.74) is -0.953. The predicted octanol–water partition coefficient (Wildman–Crippen LogP) is 2.96.